The van der Waals surface area contributed by atoms with Gasteiger partial charge in [-0.1, -0.05) is 18.2 Å². The molecule has 7 aromatic heterocycles. The zero-order valence-electron chi connectivity index (χ0n) is 66.8. The summed E-state index contributed by atoms with van der Waals surface area (Å²) in [4.78, 5) is 53.6. The first kappa shape index (κ1) is 88.6. The maximum atomic E-state index is 14.3. The number of pyridine rings is 3. The normalized spacial score (nSPS) is 19.3. The first-order valence-electron chi connectivity index (χ1n) is 37.5. The molecule has 0 spiro atoms. The minimum absolute atomic E-state index is 0.0136. The van der Waals surface area contributed by atoms with Crippen molar-refractivity contribution in [2.75, 3.05) is 46.0 Å². The Morgan fingerprint density at radius 2 is 0.750 bits per heavy atom. The van der Waals surface area contributed by atoms with Gasteiger partial charge in [-0.2, -0.15) is 9.03 Å². The van der Waals surface area contributed by atoms with Crippen LogP contribution in [0.1, 0.15) is 124 Å². The third kappa shape index (κ3) is 18.6. The van der Waals surface area contributed by atoms with E-state index in [1.807, 2.05) is 83.1 Å². The molecule has 6 aliphatic heterocycles. The average molecular weight is 1840 g/mol. The van der Waals surface area contributed by atoms with E-state index < -0.39 is 103 Å². The maximum absolute atomic E-state index is 14.3. The molecule has 17 rings (SSSR count). The van der Waals surface area contributed by atoms with E-state index in [-0.39, 0.29) is 139 Å². The highest BCUT2D eigenvalue weighted by Crippen LogP contribution is 2.44. The van der Waals surface area contributed by atoms with Crippen LogP contribution in [0.2, 0.25) is 0 Å². The molecule has 0 atom stereocenters. The molecule has 4 N–H and O–H groups in total. The fraction of sp³-hybridized carbons (Fsp3) is 0.372. The molecule has 13 heterocycles. The number of fused-ring (bicyclic) bond motifs is 2. The summed E-state index contributed by atoms with van der Waals surface area (Å²) in [6, 6.07) is 26.4. The molecule has 11 aromatic rings. The van der Waals surface area contributed by atoms with Crippen LogP contribution in [0.3, 0.4) is 0 Å². The van der Waals surface area contributed by atoms with E-state index in [2.05, 4.69) is 62.0 Å². The zero-order chi connectivity index (χ0) is 87.3. The molecule has 4 aromatic carbocycles. The van der Waals surface area contributed by atoms with Crippen molar-refractivity contribution in [1.82, 2.24) is 52.9 Å². The molecule has 632 valence electrons. The number of nitrogens with zero attached hydrogens (tertiary/aromatic N) is 11. The van der Waals surface area contributed by atoms with Crippen molar-refractivity contribution in [3.63, 3.8) is 0 Å². The molecular formula is C78H82B3Br2F6N13O15S3. The Morgan fingerprint density at radius 3 is 1.16 bits per heavy atom. The lowest BCUT2D eigenvalue weighted by Crippen LogP contribution is -2.45. The van der Waals surface area contributed by atoms with Gasteiger partial charge in [0.2, 0.25) is 11.9 Å². The minimum Gasteiger partial charge on any atom is -0.405 e. The zero-order valence-corrected chi connectivity index (χ0v) is 72.5. The fourth-order valence-corrected chi connectivity index (χ4v) is 18.6. The molecule has 0 unspecified atom stereocenters. The van der Waals surface area contributed by atoms with Gasteiger partial charge in [-0.05, 0) is 205 Å². The smallest absolute Gasteiger partial charge is 0.405 e. The molecule has 0 bridgehead atoms. The van der Waals surface area contributed by atoms with Crippen LogP contribution < -0.4 is 33.6 Å². The van der Waals surface area contributed by atoms with Gasteiger partial charge in [-0.15, -0.1) is 10.2 Å². The Kier molecular flexibility index (Phi) is 24.3. The number of aromatic nitrogens is 11. The number of nitrogens with two attached hydrogens (primary N) is 2. The molecule has 6 saturated heterocycles. The molecule has 28 nitrogen and oxygen atoms in total. The van der Waals surface area contributed by atoms with Gasteiger partial charge < -0.3 is 53.1 Å². The molecule has 6 fully saturated rings. The quantitative estimate of drug-likeness (QED) is 0.0847. The van der Waals surface area contributed by atoms with Crippen molar-refractivity contribution in [2.45, 2.75) is 148 Å². The topological polar surface area (TPSA) is 362 Å². The monoisotopic (exact) mass is 1840 g/mol. The molecule has 120 heavy (non-hydrogen) atoms. The summed E-state index contributed by atoms with van der Waals surface area (Å²) in [5.74, 6) is -3.66. The summed E-state index contributed by atoms with van der Waals surface area (Å²) in [5, 5.41) is 8.52. The van der Waals surface area contributed by atoms with Crippen LogP contribution in [-0.4, -0.2) is 167 Å². The number of hydrogen-bond acceptors (Lipinski definition) is 23. The van der Waals surface area contributed by atoms with Gasteiger partial charge in [0.05, 0.1) is 108 Å². The van der Waals surface area contributed by atoms with Gasteiger partial charge in [0.25, 0.3) is 16.7 Å². The van der Waals surface area contributed by atoms with Crippen LogP contribution in [0.15, 0.2) is 163 Å². The number of halogens is 8. The van der Waals surface area contributed by atoms with Gasteiger partial charge in [0.1, 0.15) is 34.9 Å². The van der Waals surface area contributed by atoms with E-state index >= 15 is 0 Å². The lowest BCUT2D eigenvalue weighted by molar-refractivity contribution is 0.00578. The van der Waals surface area contributed by atoms with Crippen molar-refractivity contribution < 1.29 is 79.5 Å². The van der Waals surface area contributed by atoms with E-state index in [1.54, 1.807) is 36.7 Å². The van der Waals surface area contributed by atoms with Crippen molar-refractivity contribution in [3.8, 4) is 33.6 Å². The standard InChI is InChI=1S/C26H19F3N6O3S.C18H11BrF3N5.C14H20BNO5S.C12H24B2O4.C8H8BrNO3S/c27-16-7-4-14(5-8-16)24-23(15-6-9-22(36)34(11-15)17-12-39(37,38)13-17)25-31-21(33-35(25)26(30)32-24)10-18-19(28)2-1-3-20(18)29;19-15-16(9-4-6-10(20)7-5-9)25-18(23)27-17(15)24-14(26-27)8-11-12(21)2-1-3-13(11)22;1-13(2)14(3,4)21-15(20-13)10-5-6-12(17)16(7-10)11-8-22(18,19)9-11;1-9(2)10(3,4)16-13(15-9)14-17-11(5,6)12(7,8)18-14;9-6-1-2-8(11)10(3-6)7-4-14(12,13)5-7/h1-9,11,17H,10,12-13H2,(H2,30,32);1-7H,8H2,(H2,23,25);5-7,11H,8-9H2,1-4H3;1-8H3;1-3,7H,4-5H2. The Hall–Kier alpha value is -9.23. The van der Waals surface area contributed by atoms with Gasteiger partial charge in [0, 0.05) is 81.9 Å². The highest BCUT2D eigenvalue weighted by atomic mass is 79.9. The van der Waals surface area contributed by atoms with Crippen LogP contribution in [0.4, 0.5) is 38.2 Å². The summed E-state index contributed by atoms with van der Waals surface area (Å²) in [7, 11) is -10.6. The average Bonchev–Trinajstić information content (AvgIpc) is 1.55. The van der Waals surface area contributed by atoms with Gasteiger partial charge in [-0.25, -0.2) is 71.5 Å². The highest BCUT2D eigenvalue weighted by Gasteiger charge is 2.64. The summed E-state index contributed by atoms with van der Waals surface area (Å²) in [5.41, 5.74) is 12.6. The predicted molar refractivity (Wildman–Crippen MR) is 447 cm³/mol. The van der Waals surface area contributed by atoms with Gasteiger partial charge in [0.15, 0.2) is 52.5 Å². The number of nitrogen functional groups attached to an aromatic ring is 2. The summed E-state index contributed by atoms with van der Waals surface area (Å²) < 4.78 is 195. The Balaban J connectivity index is 0.000000136. The van der Waals surface area contributed by atoms with Crippen LogP contribution in [0.5, 0.6) is 0 Å². The minimum atomic E-state index is -3.21. The van der Waals surface area contributed by atoms with Crippen molar-refractivity contribution in [3.05, 3.63) is 238 Å². The third-order valence-electron chi connectivity index (χ3n) is 22.3. The Morgan fingerprint density at radius 1 is 0.417 bits per heavy atom. The summed E-state index contributed by atoms with van der Waals surface area (Å²) in [6.07, 6.45) is 4.38. The number of hydrogen-bond donors (Lipinski definition) is 2. The lowest BCUT2D eigenvalue weighted by atomic mass is 9.49. The van der Waals surface area contributed by atoms with Crippen molar-refractivity contribution in [2.24, 2.45) is 0 Å². The number of sulfone groups is 3. The van der Waals surface area contributed by atoms with E-state index in [0.29, 0.717) is 43.8 Å². The molecule has 0 aliphatic carbocycles. The van der Waals surface area contributed by atoms with Crippen molar-refractivity contribution >= 4 is 111 Å². The molecule has 0 saturated carbocycles. The first-order valence-corrected chi connectivity index (χ1v) is 44.6. The largest absolute Gasteiger partial charge is 0.496 e. The molecule has 42 heteroatoms. The predicted octanol–water partition coefficient (Wildman–Crippen LogP) is 10.3. The fourth-order valence-electron chi connectivity index (χ4n) is 13.4. The molecular weight excluding hydrogens is 1760 g/mol. The number of rotatable bonds is 12. The van der Waals surface area contributed by atoms with E-state index in [9.17, 15) is 66.0 Å². The summed E-state index contributed by atoms with van der Waals surface area (Å²) >= 11 is 6.65. The Labute approximate surface area is 703 Å². The van der Waals surface area contributed by atoms with E-state index in [1.165, 1.54) is 114 Å². The van der Waals surface area contributed by atoms with Crippen LogP contribution in [0.25, 0.3) is 44.9 Å². The lowest BCUT2D eigenvalue weighted by Gasteiger charge is -2.32. The summed E-state index contributed by atoms with van der Waals surface area (Å²) in [6.45, 7) is 24.0. The second kappa shape index (κ2) is 32.9. The second-order valence-corrected chi connectivity index (χ2v) is 40.8. The third-order valence-corrected chi connectivity index (χ3v) is 28.9. The molecule has 6 aliphatic rings. The second-order valence-electron chi connectivity index (χ2n) is 32.6. The van der Waals surface area contributed by atoms with E-state index in [4.69, 9.17) is 39.4 Å². The number of anilines is 2. The van der Waals surface area contributed by atoms with Crippen molar-refractivity contribution in [1.29, 1.82) is 0 Å². The molecule has 0 radical (unpaired) electrons. The van der Waals surface area contributed by atoms with E-state index in [0.717, 1.165) is 22.1 Å². The van der Waals surface area contributed by atoms with Gasteiger partial charge in [-0.3, -0.25) is 14.4 Å². The van der Waals surface area contributed by atoms with Crippen LogP contribution >= 0.6 is 31.9 Å². The number of benzene rings is 4. The Bertz CT molecular complexity index is 6250. The highest BCUT2D eigenvalue weighted by molar-refractivity contribution is 9.11. The van der Waals surface area contributed by atoms with Gasteiger partial charge >= 0.3 is 21.1 Å². The molecule has 0 amide bonds. The van der Waals surface area contributed by atoms with Crippen LogP contribution in [0, 0.1) is 34.9 Å². The van der Waals surface area contributed by atoms with Crippen LogP contribution in [-0.2, 0) is 70.3 Å². The maximum Gasteiger partial charge on any atom is 0.496 e. The SMILES string of the molecule is CC1(C)OB(B2OC(C)(C)C(C)(C)O2)OC1(C)C.CC1(C)OB(c2ccc(=O)n(C3CS(=O)(=O)C3)c2)OC1(C)C.Nc1nc(-c2ccc(F)cc2)c(-c2ccc(=O)n(C3CS(=O)(=O)C3)c2)c2nc(Cc3c(F)cccc3F)nn12.Nc1nc(-c2ccc(F)cc2)c(Br)c2nc(Cc3c(F)cccc3F)nn12.O=c1ccc(Br)cn1C1CS(=O)(=O)C1. The first-order chi connectivity index (χ1) is 55.9.